The molecule has 0 bridgehead atoms. The maximum atomic E-state index is 13.3. The lowest BCUT2D eigenvalue weighted by atomic mass is 9.86. The number of hydrogen-bond donors (Lipinski definition) is 2. The van der Waals surface area contributed by atoms with Crippen molar-refractivity contribution in [2.45, 2.75) is 75.4 Å². The number of Topliss-reactive ketones (excluding diaryl/α,β-unsaturated/α-hetero) is 1. The van der Waals surface area contributed by atoms with Crippen LogP contribution in [0.25, 0.3) is 0 Å². The van der Waals surface area contributed by atoms with Gasteiger partial charge in [-0.05, 0) is 43.2 Å². The predicted molar refractivity (Wildman–Crippen MR) is 154 cm³/mol. The summed E-state index contributed by atoms with van der Waals surface area (Å²) in [6.45, 7) is 6.96. The van der Waals surface area contributed by atoms with Gasteiger partial charge in [0, 0.05) is 17.6 Å². The third kappa shape index (κ3) is 9.26. The van der Waals surface area contributed by atoms with Crippen molar-refractivity contribution in [2.75, 3.05) is 18.5 Å². The van der Waals surface area contributed by atoms with E-state index >= 15 is 0 Å². The van der Waals surface area contributed by atoms with Crippen molar-refractivity contribution in [2.24, 2.45) is 5.41 Å². The Morgan fingerprint density at radius 3 is 2.24 bits per heavy atom. The van der Waals surface area contributed by atoms with Gasteiger partial charge in [-0.1, -0.05) is 100 Å². The highest BCUT2D eigenvalue weighted by Crippen LogP contribution is 2.34. The molecule has 0 atom stereocenters. The van der Waals surface area contributed by atoms with Gasteiger partial charge in [0.1, 0.15) is 10.6 Å². The molecule has 0 unspecified atom stereocenters. The Morgan fingerprint density at radius 2 is 1.58 bits per heavy atom. The molecular formula is C28H38Cl2N2O5S. The second-order valence-corrected chi connectivity index (χ2v) is 13.1. The highest BCUT2D eigenvalue weighted by Gasteiger charge is 2.49. The molecule has 0 radical (unpaired) electrons. The molecule has 2 N–H and O–H groups in total. The number of benzene rings is 2. The summed E-state index contributed by atoms with van der Waals surface area (Å²) in [6, 6.07) is 13.4. The molecule has 0 aliphatic rings. The molecule has 210 valence electrons. The third-order valence-corrected chi connectivity index (χ3v) is 8.17. The van der Waals surface area contributed by atoms with Crippen molar-refractivity contribution in [3.05, 3.63) is 54.1 Å². The van der Waals surface area contributed by atoms with E-state index in [9.17, 15) is 18.0 Å². The highest BCUT2D eigenvalue weighted by molar-refractivity contribution is 7.89. The number of amides is 1. The number of nitrogens with one attached hydrogen (secondary N) is 2. The number of halogens is 2. The van der Waals surface area contributed by atoms with Gasteiger partial charge in [0.05, 0.1) is 6.61 Å². The van der Waals surface area contributed by atoms with E-state index in [1.807, 2.05) is 0 Å². The van der Waals surface area contributed by atoms with Crippen molar-refractivity contribution in [3.63, 3.8) is 0 Å². The first kappa shape index (κ1) is 32.1. The molecule has 2 rings (SSSR count). The van der Waals surface area contributed by atoms with Gasteiger partial charge in [-0.15, -0.1) is 0 Å². The summed E-state index contributed by atoms with van der Waals surface area (Å²) in [5.74, 6) is -1.52. The normalized spacial score (nSPS) is 12.3. The quantitative estimate of drug-likeness (QED) is 0.135. The molecule has 0 spiro atoms. The molecule has 38 heavy (non-hydrogen) atoms. The van der Waals surface area contributed by atoms with Crippen LogP contribution in [0, 0.1) is 12.3 Å². The van der Waals surface area contributed by atoms with E-state index in [1.54, 1.807) is 49.4 Å². The summed E-state index contributed by atoms with van der Waals surface area (Å²) in [6.07, 6.45) is 6.52. The van der Waals surface area contributed by atoms with E-state index < -0.39 is 31.5 Å². The summed E-state index contributed by atoms with van der Waals surface area (Å²) in [5, 5.41) is 2.51. The van der Waals surface area contributed by atoms with E-state index in [0.717, 1.165) is 24.8 Å². The van der Waals surface area contributed by atoms with Gasteiger partial charge in [0.25, 0.3) is 10.2 Å². The SMILES string of the molecule is CCCCCCCCOc1ccc(C)cc1S(=O)(=O)NCC(C)(C)C(=O)C(Cl)(Cl)C(=O)Nc1ccccc1. The van der Waals surface area contributed by atoms with Crippen LogP contribution in [0.3, 0.4) is 0 Å². The Morgan fingerprint density at radius 1 is 0.947 bits per heavy atom. The van der Waals surface area contributed by atoms with E-state index in [1.165, 1.54) is 39.2 Å². The number of rotatable bonds is 16. The van der Waals surface area contributed by atoms with Crippen molar-refractivity contribution >= 4 is 50.6 Å². The molecule has 0 aliphatic heterocycles. The van der Waals surface area contributed by atoms with Crippen LogP contribution in [0.2, 0.25) is 0 Å². The van der Waals surface area contributed by atoms with E-state index in [4.69, 9.17) is 27.9 Å². The highest BCUT2D eigenvalue weighted by atomic mass is 35.5. The number of ether oxygens (including phenoxy) is 1. The molecule has 7 nitrogen and oxygen atoms in total. The summed E-state index contributed by atoms with van der Waals surface area (Å²) in [7, 11) is -4.06. The van der Waals surface area contributed by atoms with Gasteiger partial charge in [-0.2, -0.15) is 0 Å². The lowest BCUT2D eigenvalue weighted by Gasteiger charge is -2.29. The minimum atomic E-state index is -4.06. The Bertz CT molecular complexity index is 1180. The molecule has 1 amide bonds. The van der Waals surface area contributed by atoms with Gasteiger partial charge in [0.2, 0.25) is 10.0 Å². The van der Waals surface area contributed by atoms with Crippen molar-refractivity contribution in [3.8, 4) is 5.75 Å². The van der Waals surface area contributed by atoms with E-state index in [2.05, 4.69) is 17.0 Å². The smallest absolute Gasteiger partial charge is 0.268 e. The maximum Gasteiger partial charge on any atom is 0.268 e. The molecule has 0 fully saturated rings. The Hall–Kier alpha value is -2.13. The van der Waals surface area contributed by atoms with Crippen molar-refractivity contribution < 1.29 is 22.7 Å². The zero-order chi connectivity index (χ0) is 28.4. The summed E-state index contributed by atoms with van der Waals surface area (Å²) in [4.78, 5) is 25.8. The lowest BCUT2D eigenvalue weighted by molar-refractivity contribution is -0.132. The lowest BCUT2D eigenvalue weighted by Crippen LogP contribution is -2.50. The Labute approximate surface area is 236 Å². The predicted octanol–water partition coefficient (Wildman–Crippen LogP) is 6.42. The molecule has 2 aromatic carbocycles. The first-order valence-corrected chi connectivity index (χ1v) is 15.1. The van der Waals surface area contributed by atoms with Gasteiger partial charge in [-0.3, -0.25) is 9.59 Å². The fourth-order valence-electron chi connectivity index (χ4n) is 3.70. The van der Waals surface area contributed by atoms with Gasteiger partial charge in [0.15, 0.2) is 5.78 Å². The van der Waals surface area contributed by atoms with E-state index in [-0.39, 0.29) is 17.2 Å². The van der Waals surface area contributed by atoms with Gasteiger partial charge < -0.3 is 10.1 Å². The average molecular weight is 586 g/mol. The minimum Gasteiger partial charge on any atom is -0.492 e. The number of carbonyl (C=O) groups excluding carboxylic acids is 2. The van der Waals surface area contributed by atoms with Crippen LogP contribution in [-0.2, 0) is 19.6 Å². The number of anilines is 1. The second kappa shape index (κ2) is 14.3. The number of aryl methyl sites for hydroxylation is 1. The number of unbranched alkanes of at least 4 members (excludes halogenated alkanes) is 5. The molecule has 0 aromatic heterocycles. The van der Waals surface area contributed by atoms with Crippen LogP contribution in [-0.4, -0.2) is 37.6 Å². The fourth-order valence-corrected chi connectivity index (χ4v) is 5.75. The van der Waals surface area contributed by atoms with Crippen LogP contribution in [0.15, 0.2) is 53.4 Å². The Balaban J connectivity index is 2.07. The van der Waals surface area contributed by atoms with Crippen LogP contribution in [0.1, 0.15) is 64.9 Å². The molecule has 0 saturated carbocycles. The number of sulfonamides is 1. The standard InChI is InChI=1S/C28H38Cl2N2O5S/c1-5-6-7-8-9-13-18-37-23-17-16-21(2)19-24(23)38(35,36)31-20-27(3,4)25(33)28(29,30)26(34)32-22-14-11-10-12-15-22/h10-12,14-17,19,31H,5-9,13,18,20H2,1-4H3,(H,32,34). The van der Waals surface area contributed by atoms with Crippen LogP contribution < -0.4 is 14.8 Å². The molecule has 0 aliphatic carbocycles. The zero-order valence-corrected chi connectivity index (χ0v) is 24.8. The molecule has 2 aromatic rings. The largest absolute Gasteiger partial charge is 0.492 e. The van der Waals surface area contributed by atoms with E-state index in [0.29, 0.717) is 12.3 Å². The maximum absolute atomic E-state index is 13.3. The van der Waals surface area contributed by atoms with Gasteiger partial charge >= 0.3 is 0 Å². The second-order valence-electron chi connectivity index (χ2n) is 10.00. The summed E-state index contributed by atoms with van der Waals surface area (Å²) < 4.78 is 32.4. The molecule has 0 heterocycles. The number of carbonyl (C=O) groups is 2. The zero-order valence-electron chi connectivity index (χ0n) is 22.5. The van der Waals surface area contributed by atoms with Crippen LogP contribution in [0.4, 0.5) is 5.69 Å². The topological polar surface area (TPSA) is 102 Å². The van der Waals surface area contributed by atoms with Crippen molar-refractivity contribution in [1.82, 2.24) is 4.72 Å². The minimum absolute atomic E-state index is 0.0171. The van der Waals surface area contributed by atoms with Gasteiger partial charge in [-0.25, -0.2) is 13.1 Å². The molecule has 10 heteroatoms. The first-order chi connectivity index (χ1) is 17.8. The fraction of sp³-hybridized carbons (Fsp3) is 0.500. The summed E-state index contributed by atoms with van der Waals surface area (Å²) in [5.41, 5.74) is -0.248. The van der Waals surface area contributed by atoms with Crippen molar-refractivity contribution in [1.29, 1.82) is 0 Å². The summed E-state index contributed by atoms with van der Waals surface area (Å²) >= 11 is 12.4. The monoisotopic (exact) mass is 584 g/mol. The molecule has 0 saturated heterocycles. The Kier molecular flexibility index (Phi) is 12.1. The van der Waals surface area contributed by atoms with Crippen LogP contribution in [0.5, 0.6) is 5.75 Å². The number of hydrogen-bond acceptors (Lipinski definition) is 5. The van der Waals surface area contributed by atoms with Crippen LogP contribution >= 0.6 is 23.2 Å². The first-order valence-electron chi connectivity index (χ1n) is 12.8. The third-order valence-electron chi connectivity index (χ3n) is 6.07. The number of ketones is 1. The molecular weight excluding hydrogens is 547 g/mol. The number of alkyl halides is 2. The number of para-hydroxylation sites is 1. The average Bonchev–Trinajstić information content (AvgIpc) is 2.88.